The Balaban J connectivity index is 0.000000232. The van der Waals surface area contributed by atoms with Gasteiger partial charge in [0.25, 0.3) is 26.1 Å². The molecular weight excluding hydrogens is 739 g/mol. The minimum absolute atomic E-state index is 0.0119. The van der Waals surface area contributed by atoms with Crippen molar-refractivity contribution in [1.29, 1.82) is 0 Å². The van der Waals surface area contributed by atoms with E-state index in [1.165, 1.54) is 18.2 Å². The molecule has 0 saturated carbocycles. The van der Waals surface area contributed by atoms with Crippen LogP contribution in [0.15, 0.2) is 89.0 Å². The Bertz CT molecular complexity index is 2550. The maximum atomic E-state index is 13.1. The maximum absolute atomic E-state index is 13.1. The number of ether oxygens (including phenoxy) is 1. The van der Waals surface area contributed by atoms with Crippen molar-refractivity contribution in [2.45, 2.75) is 22.8 Å². The minimum Gasteiger partial charge on any atom is -0.478 e. The third kappa shape index (κ3) is 8.35. The lowest BCUT2D eigenvalue weighted by molar-refractivity contribution is -0.121. The quantitative estimate of drug-likeness (QED) is 0.131. The van der Waals surface area contributed by atoms with Gasteiger partial charge in [-0.15, -0.1) is 5.10 Å². The number of aromatic nitrogens is 5. The van der Waals surface area contributed by atoms with E-state index >= 15 is 0 Å². The second-order valence-electron chi connectivity index (χ2n) is 12.6. The van der Waals surface area contributed by atoms with E-state index in [-0.39, 0.29) is 17.3 Å². The number of carbonyl (C=O) groups excluding carboxylic acids is 1. The molecule has 1 saturated heterocycles. The Labute approximate surface area is 311 Å². The molecule has 1 amide bonds. The summed E-state index contributed by atoms with van der Waals surface area (Å²) in [4.78, 5) is 28.3. The number of anilines is 3. The van der Waals surface area contributed by atoms with Gasteiger partial charge in [-0.3, -0.25) is 23.5 Å². The Hall–Kier alpha value is -5.44. The summed E-state index contributed by atoms with van der Waals surface area (Å²) in [6, 6.07) is 15.8. The first-order valence-electron chi connectivity index (χ1n) is 16.6. The summed E-state index contributed by atoms with van der Waals surface area (Å²) in [5, 5.41) is 12.0. The molecule has 4 heterocycles. The minimum atomic E-state index is -4.78. The van der Waals surface area contributed by atoms with Crippen LogP contribution in [-0.4, -0.2) is 113 Å². The van der Waals surface area contributed by atoms with Gasteiger partial charge in [0.1, 0.15) is 15.5 Å². The van der Waals surface area contributed by atoms with E-state index in [0.29, 0.717) is 22.9 Å². The predicted molar refractivity (Wildman–Crippen MR) is 203 cm³/mol. The number of amides is 1. The van der Waals surface area contributed by atoms with Gasteiger partial charge >= 0.3 is 0 Å². The SMILES string of the molecule is COc1nn(C)cc1Nc1nccc(-c2c[nH]c3c(NC(=O)[C@@H](C)N4CCN(C)CC4)cccc23)n1.O=S(=O)(O)c1ccc2ccccc2c1S(=O)(=O)O. The molecule has 0 bridgehead atoms. The molecule has 0 aliphatic carbocycles. The van der Waals surface area contributed by atoms with Crippen molar-refractivity contribution in [2.75, 3.05) is 51.0 Å². The highest BCUT2D eigenvalue weighted by atomic mass is 32.2. The summed E-state index contributed by atoms with van der Waals surface area (Å²) in [6.45, 7) is 5.68. The molecule has 0 radical (unpaired) electrons. The summed E-state index contributed by atoms with van der Waals surface area (Å²) < 4.78 is 69.9. The number of fused-ring (bicyclic) bond motifs is 2. The van der Waals surface area contributed by atoms with Crippen LogP contribution in [-0.2, 0) is 32.1 Å². The first-order valence-corrected chi connectivity index (χ1v) is 19.5. The predicted octanol–water partition coefficient (Wildman–Crippen LogP) is 4.02. The van der Waals surface area contributed by atoms with E-state index in [1.54, 1.807) is 36.3 Å². The van der Waals surface area contributed by atoms with E-state index in [4.69, 9.17) is 18.8 Å². The Kier molecular flexibility index (Phi) is 11.0. The fourth-order valence-electron chi connectivity index (χ4n) is 6.17. The number of methoxy groups -OCH3 is 1. The van der Waals surface area contributed by atoms with Crippen molar-refractivity contribution in [3.05, 3.63) is 79.3 Å². The highest BCUT2D eigenvalue weighted by Crippen LogP contribution is 2.33. The van der Waals surface area contributed by atoms with Crippen LogP contribution in [0.25, 0.3) is 32.9 Å². The molecule has 284 valence electrons. The summed E-state index contributed by atoms with van der Waals surface area (Å²) in [7, 11) is -4.03. The number of piperazine rings is 1. The van der Waals surface area contributed by atoms with Crippen molar-refractivity contribution >= 4 is 65.1 Å². The third-order valence-corrected chi connectivity index (χ3v) is 11.0. The topological polar surface area (TPSA) is 225 Å². The molecule has 19 heteroatoms. The van der Waals surface area contributed by atoms with Crippen LogP contribution in [0.1, 0.15) is 6.92 Å². The standard InChI is InChI=1S/C25H31N9O2.C10H8O6S2/c1-16(34-12-10-32(2)11-13-34)23(35)28-20-7-5-6-17-18(14-27-22(17)20)19-8-9-26-25(29-19)30-21-15-33(3)31-24(21)36-4;11-17(12,13)9-6-5-7-3-1-2-4-8(7)10(9)18(14,15)16/h5-9,14-16,27H,10-13H2,1-4H3,(H,28,35)(H,26,29,30);1-6H,(H,11,12,13)(H,14,15,16)/t16-;/m1./s1. The molecule has 17 nitrogen and oxygen atoms in total. The molecule has 5 N–H and O–H groups in total. The van der Waals surface area contributed by atoms with Crippen molar-refractivity contribution in [1.82, 2.24) is 34.5 Å². The first kappa shape index (κ1) is 38.3. The lowest BCUT2D eigenvalue weighted by Gasteiger charge is -2.35. The number of H-pyrrole nitrogens is 1. The van der Waals surface area contributed by atoms with Gasteiger partial charge in [-0.2, -0.15) is 16.8 Å². The second-order valence-corrected chi connectivity index (χ2v) is 15.4. The van der Waals surface area contributed by atoms with Crippen LogP contribution in [0.4, 0.5) is 17.3 Å². The molecule has 54 heavy (non-hydrogen) atoms. The summed E-state index contributed by atoms with van der Waals surface area (Å²) in [5.41, 5.74) is 3.94. The third-order valence-electron chi connectivity index (χ3n) is 8.98. The number of carbonyl (C=O) groups is 1. The molecule has 7 rings (SSSR count). The zero-order chi connectivity index (χ0) is 38.8. The average molecular weight is 778 g/mol. The van der Waals surface area contributed by atoms with Crippen LogP contribution >= 0.6 is 0 Å². The maximum Gasteiger partial charge on any atom is 0.296 e. The normalized spacial score (nSPS) is 14.7. The zero-order valence-corrected chi connectivity index (χ0v) is 31.4. The van der Waals surface area contributed by atoms with Gasteiger partial charge in [0.2, 0.25) is 11.9 Å². The monoisotopic (exact) mass is 777 g/mol. The van der Waals surface area contributed by atoms with Gasteiger partial charge in [0.05, 0.1) is 36.2 Å². The molecule has 1 aliphatic rings. The Morgan fingerprint density at radius 3 is 2.33 bits per heavy atom. The largest absolute Gasteiger partial charge is 0.478 e. The molecule has 0 unspecified atom stereocenters. The van der Waals surface area contributed by atoms with Crippen molar-refractivity contribution in [2.24, 2.45) is 7.05 Å². The molecule has 0 spiro atoms. The van der Waals surface area contributed by atoms with Crippen molar-refractivity contribution in [3.8, 4) is 17.1 Å². The second kappa shape index (κ2) is 15.5. The molecule has 3 aromatic carbocycles. The summed E-state index contributed by atoms with van der Waals surface area (Å²) in [5.74, 6) is 0.880. The average Bonchev–Trinajstić information content (AvgIpc) is 3.74. The van der Waals surface area contributed by atoms with E-state index < -0.39 is 30.0 Å². The van der Waals surface area contributed by atoms with Crippen molar-refractivity contribution in [3.63, 3.8) is 0 Å². The molecular formula is C35H39N9O8S2. The number of rotatable bonds is 9. The number of aryl methyl sites for hydroxylation is 1. The first-order chi connectivity index (χ1) is 25.6. The number of hydrogen-bond acceptors (Lipinski definition) is 12. The number of hydrogen-bond donors (Lipinski definition) is 5. The fourth-order valence-corrected chi connectivity index (χ4v) is 8.17. The highest BCUT2D eigenvalue weighted by Gasteiger charge is 2.27. The fraction of sp³-hybridized carbons (Fsp3) is 0.257. The van der Waals surface area contributed by atoms with E-state index in [1.807, 2.05) is 44.4 Å². The van der Waals surface area contributed by atoms with Crippen LogP contribution in [0.2, 0.25) is 0 Å². The van der Waals surface area contributed by atoms with Crippen LogP contribution in [0, 0.1) is 0 Å². The number of aromatic amines is 1. The summed E-state index contributed by atoms with van der Waals surface area (Å²) in [6.07, 6.45) is 5.41. The van der Waals surface area contributed by atoms with Gasteiger partial charge in [0, 0.05) is 62.0 Å². The van der Waals surface area contributed by atoms with Crippen LogP contribution in [0.3, 0.4) is 0 Å². The molecule has 1 fully saturated rings. The van der Waals surface area contributed by atoms with Gasteiger partial charge in [-0.25, -0.2) is 9.97 Å². The Morgan fingerprint density at radius 1 is 0.907 bits per heavy atom. The Morgan fingerprint density at radius 2 is 1.63 bits per heavy atom. The smallest absolute Gasteiger partial charge is 0.296 e. The van der Waals surface area contributed by atoms with E-state index in [0.717, 1.165) is 60.1 Å². The lowest BCUT2D eigenvalue weighted by Crippen LogP contribution is -2.51. The highest BCUT2D eigenvalue weighted by molar-refractivity contribution is 7.89. The van der Waals surface area contributed by atoms with Gasteiger partial charge in [-0.1, -0.05) is 42.5 Å². The number of nitrogens with zero attached hydrogens (tertiary/aromatic N) is 6. The van der Waals surface area contributed by atoms with Crippen molar-refractivity contribution < 1.29 is 35.5 Å². The van der Waals surface area contributed by atoms with Gasteiger partial charge < -0.3 is 25.3 Å². The number of benzene rings is 3. The van der Waals surface area contributed by atoms with Crippen LogP contribution < -0.4 is 15.4 Å². The number of nitrogens with one attached hydrogen (secondary N) is 3. The van der Waals surface area contributed by atoms with E-state index in [9.17, 15) is 21.6 Å². The molecule has 1 atom stereocenters. The van der Waals surface area contributed by atoms with Crippen LogP contribution in [0.5, 0.6) is 5.88 Å². The van der Waals surface area contributed by atoms with Gasteiger partial charge in [-0.05, 0) is 37.6 Å². The zero-order valence-electron chi connectivity index (χ0n) is 29.8. The summed E-state index contributed by atoms with van der Waals surface area (Å²) >= 11 is 0. The molecule has 1 aliphatic heterocycles. The van der Waals surface area contributed by atoms with E-state index in [2.05, 4.69) is 42.5 Å². The molecule has 3 aromatic heterocycles. The lowest BCUT2D eigenvalue weighted by atomic mass is 10.1. The number of para-hydroxylation sites is 1. The molecule has 6 aromatic rings. The van der Waals surface area contributed by atoms with Gasteiger partial charge in [0.15, 0.2) is 0 Å². The number of likely N-dealkylation sites (N-methyl/N-ethyl adjacent to an activating group) is 1.